The second-order valence-corrected chi connectivity index (χ2v) is 5.25. The third-order valence-electron chi connectivity index (χ3n) is 2.69. The Morgan fingerprint density at radius 2 is 2.06 bits per heavy atom. The Hall–Kier alpha value is -1.07. The van der Waals surface area contributed by atoms with Gasteiger partial charge >= 0.3 is 6.09 Å². The van der Waals surface area contributed by atoms with E-state index in [4.69, 9.17) is 4.74 Å². The highest BCUT2D eigenvalue weighted by molar-refractivity contribution is 5.70. The van der Waals surface area contributed by atoms with Crippen LogP contribution in [0.5, 0.6) is 0 Å². The Balaban J connectivity index is 2.81. The molecule has 1 heterocycles. The van der Waals surface area contributed by atoms with Crippen molar-refractivity contribution in [3.05, 3.63) is 12.7 Å². The number of carbonyl (C=O) groups is 1. The highest BCUT2D eigenvalue weighted by Gasteiger charge is 2.40. The highest BCUT2D eigenvalue weighted by atomic mass is 16.6. The molecule has 5 nitrogen and oxygen atoms in total. The molecule has 0 aromatic rings. The molecular formula is C12H21NO4. The lowest BCUT2D eigenvalue weighted by molar-refractivity contribution is -0.0940. The third-order valence-corrected chi connectivity index (χ3v) is 2.69. The van der Waals surface area contributed by atoms with Crippen molar-refractivity contribution in [1.29, 1.82) is 0 Å². The van der Waals surface area contributed by atoms with Crippen LogP contribution in [0, 0.1) is 0 Å². The summed E-state index contributed by atoms with van der Waals surface area (Å²) in [7, 11) is 0. The molecular weight excluding hydrogens is 222 g/mol. The van der Waals surface area contributed by atoms with Crippen LogP contribution in [0.3, 0.4) is 0 Å². The summed E-state index contributed by atoms with van der Waals surface area (Å²) in [5.74, 6) is 0. The monoisotopic (exact) mass is 243 g/mol. The van der Waals surface area contributed by atoms with Gasteiger partial charge in [0.15, 0.2) is 6.29 Å². The summed E-state index contributed by atoms with van der Waals surface area (Å²) in [6.07, 6.45) is 0.760. The predicted molar refractivity (Wildman–Crippen MR) is 63.3 cm³/mol. The molecule has 98 valence electrons. The van der Waals surface area contributed by atoms with Crippen molar-refractivity contribution in [3.8, 4) is 0 Å². The van der Waals surface area contributed by atoms with Gasteiger partial charge < -0.3 is 14.9 Å². The van der Waals surface area contributed by atoms with E-state index in [2.05, 4.69) is 6.58 Å². The van der Waals surface area contributed by atoms with Gasteiger partial charge in [0.25, 0.3) is 0 Å². The lowest BCUT2D eigenvalue weighted by Crippen LogP contribution is -2.48. The van der Waals surface area contributed by atoms with Gasteiger partial charge in [0, 0.05) is 0 Å². The molecule has 0 unspecified atom stereocenters. The number of aliphatic hydroxyl groups excluding tert-OH is 1. The Morgan fingerprint density at radius 1 is 1.47 bits per heavy atom. The van der Waals surface area contributed by atoms with Crippen LogP contribution < -0.4 is 0 Å². The molecule has 1 saturated heterocycles. The topological polar surface area (TPSA) is 70.0 Å². The quantitative estimate of drug-likeness (QED) is 0.565. The van der Waals surface area contributed by atoms with E-state index in [0.717, 1.165) is 0 Å². The molecule has 1 rings (SSSR count). The smallest absolute Gasteiger partial charge is 0.411 e. The molecule has 1 fully saturated rings. The summed E-state index contributed by atoms with van der Waals surface area (Å²) in [6, 6.07) is -0.815. The number of rotatable bonds is 2. The normalized spacial score (nSPS) is 25.2. The van der Waals surface area contributed by atoms with Crippen LogP contribution in [0.4, 0.5) is 4.79 Å². The van der Waals surface area contributed by atoms with E-state index >= 15 is 0 Å². The molecule has 0 bridgehead atoms. The van der Waals surface area contributed by atoms with Gasteiger partial charge in [-0.1, -0.05) is 6.08 Å². The van der Waals surface area contributed by atoms with Crippen molar-refractivity contribution in [2.24, 2.45) is 0 Å². The number of hydrogen-bond acceptors (Lipinski definition) is 4. The zero-order valence-electron chi connectivity index (χ0n) is 10.6. The summed E-state index contributed by atoms with van der Waals surface area (Å²) in [6.45, 7) is 8.97. The van der Waals surface area contributed by atoms with E-state index in [1.54, 1.807) is 26.8 Å². The minimum atomic E-state index is -1.55. The van der Waals surface area contributed by atoms with Crippen LogP contribution in [0.2, 0.25) is 0 Å². The molecule has 1 amide bonds. The second kappa shape index (κ2) is 5.06. The lowest BCUT2D eigenvalue weighted by atomic mass is 10.2. The Labute approximate surface area is 102 Å². The maximum Gasteiger partial charge on any atom is 0.411 e. The van der Waals surface area contributed by atoms with Crippen molar-refractivity contribution >= 4 is 6.09 Å². The SMILES string of the molecule is C=C[C@@H]1CC[C@@H](C(O)O)N1C(=O)OC(C)(C)C. The fraction of sp³-hybridized carbons (Fsp3) is 0.750. The molecule has 0 aliphatic carbocycles. The number of hydrogen-bond donors (Lipinski definition) is 2. The summed E-state index contributed by atoms with van der Waals surface area (Å²) >= 11 is 0. The highest BCUT2D eigenvalue weighted by Crippen LogP contribution is 2.28. The van der Waals surface area contributed by atoms with Gasteiger partial charge in [0.1, 0.15) is 5.60 Å². The standard InChI is InChI=1S/C12H21NO4/c1-5-8-6-7-9(10(14)15)13(8)11(16)17-12(2,3)4/h5,8-10,14-15H,1,6-7H2,2-4H3/t8-,9+/m1/s1. The van der Waals surface area contributed by atoms with Crippen LogP contribution in [0.1, 0.15) is 33.6 Å². The second-order valence-electron chi connectivity index (χ2n) is 5.25. The van der Waals surface area contributed by atoms with Gasteiger partial charge in [-0.05, 0) is 33.6 Å². The number of nitrogens with zero attached hydrogens (tertiary/aromatic N) is 1. The number of amides is 1. The first-order valence-corrected chi connectivity index (χ1v) is 5.76. The van der Waals surface area contributed by atoms with Crippen LogP contribution in [0.15, 0.2) is 12.7 Å². The van der Waals surface area contributed by atoms with E-state index in [1.807, 2.05) is 0 Å². The minimum absolute atomic E-state index is 0.198. The van der Waals surface area contributed by atoms with E-state index in [1.165, 1.54) is 4.90 Å². The lowest BCUT2D eigenvalue weighted by Gasteiger charge is -2.32. The molecule has 1 aliphatic rings. The van der Waals surface area contributed by atoms with E-state index in [9.17, 15) is 15.0 Å². The fourth-order valence-corrected chi connectivity index (χ4v) is 1.98. The van der Waals surface area contributed by atoms with Crippen molar-refractivity contribution in [2.45, 2.75) is 57.6 Å². The maximum absolute atomic E-state index is 12.0. The average molecular weight is 243 g/mol. The van der Waals surface area contributed by atoms with Gasteiger partial charge in [-0.2, -0.15) is 0 Å². The molecule has 17 heavy (non-hydrogen) atoms. The van der Waals surface area contributed by atoms with Crippen LogP contribution >= 0.6 is 0 Å². The summed E-state index contributed by atoms with van der Waals surface area (Å²) in [5, 5.41) is 18.5. The zero-order chi connectivity index (χ0) is 13.2. The Kier molecular flexibility index (Phi) is 4.16. The first-order valence-electron chi connectivity index (χ1n) is 5.76. The molecule has 0 aromatic heterocycles. The van der Waals surface area contributed by atoms with E-state index < -0.39 is 24.0 Å². The summed E-state index contributed by atoms with van der Waals surface area (Å²) in [4.78, 5) is 13.3. The Morgan fingerprint density at radius 3 is 2.47 bits per heavy atom. The fourth-order valence-electron chi connectivity index (χ4n) is 1.98. The summed E-state index contributed by atoms with van der Waals surface area (Å²) in [5.41, 5.74) is -0.601. The molecule has 2 atom stereocenters. The van der Waals surface area contributed by atoms with Crippen molar-refractivity contribution in [3.63, 3.8) is 0 Å². The van der Waals surface area contributed by atoms with Gasteiger partial charge in [-0.25, -0.2) is 4.79 Å². The van der Waals surface area contributed by atoms with Gasteiger partial charge in [0.05, 0.1) is 12.1 Å². The number of likely N-dealkylation sites (tertiary alicyclic amines) is 1. The van der Waals surface area contributed by atoms with Crippen LogP contribution in [-0.4, -0.2) is 45.2 Å². The largest absolute Gasteiger partial charge is 0.444 e. The van der Waals surface area contributed by atoms with Crippen molar-refractivity contribution < 1.29 is 19.7 Å². The molecule has 2 N–H and O–H groups in total. The molecule has 1 aliphatic heterocycles. The van der Waals surface area contributed by atoms with E-state index in [0.29, 0.717) is 12.8 Å². The predicted octanol–water partition coefficient (Wildman–Crippen LogP) is 1.25. The van der Waals surface area contributed by atoms with Gasteiger partial charge in [-0.15, -0.1) is 6.58 Å². The number of ether oxygens (including phenoxy) is 1. The molecule has 0 radical (unpaired) electrons. The molecule has 0 spiro atoms. The third kappa shape index (κ3) is 3.44. The first-order chi connectivity index (χ1) is 7.76. The number of aliphatic hydroxyl groups is 2. The van der Waals surface area contributed by atoms with E-state index in [-0.39, 0.29) is 6.04 Å². The van der Waals surface area contributed by atoms with Crippen molar-refractivity contribution in [1.82, 2.24) is 4.90 Å². The van der Waals surface area contributed by atoms with Crippen LogP contribution in [0.25, 0.3) is 0 Å². The summed E-state index contributed by atoms with van der Waals surface area (Å²) < 4.78 is 5.25. The van der Waals surface area contributed by atoms with Crippen molar-refractivity contribution in [2.75, 3.05) is 0 Å². The molecule has 5 heteroatoms. The Bertz CT molecular complexity index is 295. The minimum Gasteiger partial charge on any atom is -0.444 e. The van der Waals surface area contributed by atoms with Crippen LogP contribution in [-0.2, 0) is 4.74 Å². The van der Waals surface area contributed by atoms with Gasteiger partial charge in [-0.3, -0.25) is 4.90 Å². The van der Waals surface area contributed by atoms with Gasteiger partial charge in [0.2, 0.25) is 0 Å². The average Bonchev–Trinajstić information content (AvgIpc) is 2.57. The zero-order valence-corrected chi connectivity index (χ0v) is 10.6. The number of carbonyl (C=O) groups excluding carboxylic acids is 1. The molecule has 0 aromatic carbocycles. The first kappa shape index (κ1) is 14.0. The molecule has 0 saturated carbocycles. The maximum atomic E-state index is 12.0.